The predicted molar refractivity (Wildman–Crippen MR) is 138 cm³/mol. The minimum Gasteiger partial charge on any atom is -0.497 e. The summed E-state index contributed by atoms with van der Waals surface area (Å²) in [4.78, 5) is 7.86. The van der Waals surface area contributed by atoms with E-state index in [0.29, 0.717) is 29.2 Å². The SMILES string of the molecule is COc1ccc2nccc([C@@H](F)CC[C@@H]3CCN(CCSc4cccc(C#N)c4)C[C@@H]3CO)c2c1. The Morgan fingerprint density at radius 3 is 2.94 bits per heavy atom. The number of fused-ring (bicyclic) bond motifs is 1. The van der Waals surface area contributed by atoms with E-state index in [4.69, 9.17) is 10.00 Å². The quantitative estimate of drug-likeness (QED) is 0.369. The van der Waals surface area contributed by atoms with Gasteiger partial charge < -0.3 is 14.7 Å². The van der Waals surface area contributed by atoms with Crippen LogP contribution in [0.1, 0.15) is 36.6 Å². The summed E-state index contributed by atoms with van der Waals surface area (Å²) in [6.07, 6.45) is 2.75. The van der Waals surface area contributed by atoms with Crippen molar-refractivity contribution in [3.05, 3.63) is 65.9 Å². The number of halogens is 1. The van der Waals surface area contributed by atoms with E-state index < -0.39 is 6.17 Å². The Morgan fingerprint density at radius 1 is 1.26 bits per heavy atom. The van der Waals surface area contributed by atoms with Gasteiger partial charge in [0.1, 0.15) is 11.9 Å². The fraction of sp³-hybridized carbons (Fsp3) is 0.429. The summed E-state index contributed by atoms with van der Waals surface area (Å²) in [7, 11) is 1.61. The third-order valence-corrected chi connectivity index (χ3v) is 7.93. The molecule has 5 nitrogen and oxygen atoms in total. The lowest BCUT2D eigenvalue weighted by Crippen LogP contribution is -2.43. The van der Waals surface area contributed by atoms with Crippen LogP contribution in [-0.4, -0.2) is 54.1 Å². The van der Waals surface area contributed by atoms with Gasteiger partial charge >= 0.3 is 0 Å². The van der Waals surface area contributed by atoms with Gasteiger partial charge in [-0.25, -0.2) is 4.39 Å². The maximum atomic E-state index is 15.4. The average molecular weight is 494 g/mol. The van der Waals surface area contributed by atoms with Crippen LogP contribution in [0.25, 0.3) is 10.9 Å². The summed E-state index contributed by atoms with van der Waals surface area (Å²) in [5, 5.41) is 19.9. The normalized spacial score (nSPS) is 19.4. The monoisotopic (exact) mass is 493 g/mol. The van der Waals surface area contributed by atoms with Crippen molar-refractivity contribution in [1.29, 1.82) is 5.26 Å². The Bertz CT molecular complexity index is 1170. The molecule has 1 N–H and O–H groups in total. The molecule has 0 spiro atoms. The highest BCUT2D eigenvalue weighted by Gasteiger charge is 2.29. The molecule has 35 heavy (non-hydrogen) atoms. The van der Waals surface area contributed by atoms with Crippen LogP contribution in [-0.2, 0) is 0 Å². The molecule has 2 heterocycles. The topological polar surface area (TPSA) is 69.4 Å². The molecular formula is C28H32FN3O2S. The first-order valence-corrected chi connectivity index (χ1v) is 13.1. The molecular weight excluding hydrogens is 461 g/mol. The number of piperidine rings is 1. The summed E-state index contributed by atoms with van der Waals surface area (Å²) in [6.45, 7) is 2.87. The van der Waals surface area contributed by atoms with E-state index in [1.807, 2.05) is 42.5 Å². The molecule has 0 saturated carbocycles. The van der Waals surface area contributed by atoms with Crippen LogP contribution in [0.5, 0.6) is 5.75 Å². The van der Waals surface area contributed by atoms with Gasteiger partial charge in [0, 0.05) is 41.9 Å². The Hall–Kier alpha value is -2.66. The molecule has 0 unspecified atom stereocenters. The highest BCUT2D eigenvalue weighted by atomic mass is 32.2. The van der Waals surface area contributed by atoms with E-state index in [9.17, 15) is 5.11 Å². The number of likely N-dealkylation sites (tertiary alicyclic amines) is 1. The molecule has 0 aliphatic carbocycles. The number of rotatable bonds is 10. The van der Waals surface area contributed by atoms with E-state index >= 15 is 4.39 Å². The Labute approximate surface area is 210 Å². The third kappa shape index (κ3) is 6.52. The van der Waals surface area contributed by atoms with Crippen LogP contribution < -0.4 is 4.74 Å². The van der Waals surface area contributed by atoms with Crippen LogP contribution in [0.3, 0.4) is 0 Å². The molecule has 1 aromatic heterocycles. The fourth-order valence-electron chi connectivity index (χ4n) is 4.96. The number of nitrogens with zero attached hydrogens (tertiary/aromatic N) is 3. The van der Waals surface area contributed by atoms with Crippen LogP contribution >= 0.6 is 11.8 Å². The van der Waals surface area contributed by atoms with Crippen LogP contribution in [0, 0.1) is 23.2 Å². The second kappa shape index (κ2) is 12.3. The molecule has 1 saturated heterocycles. The van der Waals surface area contributed by atoms with Crippen molar-refractivity contribution in [2.75, 3.05) is 39.1 Å². The Balaban J connectivity index is 1.29. The molecule has 0 radical (unpaired) electrons. The molecule has 4 rings (SSSR count). The lowest BCUT2D eigenvalue weighted by atomic mass is 9.81. The van der Waals surface area contributed by atoms with Crippen LogP contribution in [0.4, 0.5) is 4.39 Å². The summed E-state index contributed by atoms with van der Waals surface area (Å²) in [5.74, 6) is 2.11. The van der Waals surface area contributed by atoms with Crippen molar-refractivity contribution >= 4 is 22.7 Å². The molecule has 0 bridgehead atoms. The van der Waals surface area contributed by atoms with Gasteiger partial charge in [0.25, 0.3) is 0 Å². The molecule has 1 fully saturated rings. The molecule has 7 heteroatoms. The molecule has 1 aliphatic rings. The predicted octanol–water partition coefficient (Wildman–Crippen LogP) is 5.63. The molecule has 0 amide bonds. The fourth-order valence-corrected chi connectivity index (χ4v) is 5.93. The first kappa shape index (κ1) is 25.4. The van der Waals surface area contributed by atoms with Gasteiger partial charge in [0.2, 0.25) is 0 Å². The Morgan fingerprint density at radius 2 is 2.14 bits per heavy atom. The van der Waals surface area contributed by atoms with Gasteiger partial charge in [0.15, 0.2) is 0 Å². The van der Waals surface area contributed by atoms with Gasteiger partial charge in [-0.1, -0.05) is 6.07 Å². The van der Waals surface area contributed by atoms with Crippen molar-refractivity contribution in [3.8, 4) is 11.8 Å². The van der Waals surface area contributed by atoms with E-state index in [1.54, 1.807) is 31.1 Å². The second-order valence-electron chi connectivity index (χ2n) is 9.11. The average Bonchev–Trinajstić information content (AvgIpc) is 2.91. The number of aliphatic hydroxyl groups is 1. The first-order valence-electron chi connectivity index (χ1n) is 12.1. The molecule has 2 aromatic carbocycles. The van der Waals surface area contributed by atoms with E-state index in [-0.39, 0.29) is 12.5 Å². The second-order valence-corrected chi connectivity index (χ2v) is 10.3. The Kier molecular flexibility index (Phi) is 8.97. The number of thioether (sulfide) groups is 1. The maximum Gasteiger partial charge on any atom is 0.126 e. The third-order valence-electron chi connectivity index (χ3n) is 6.96. The van der Waals surface area contributed by atoms with E-state index in [1.165, 1.54) is 0 Å². The maximum absolute atomic E-state index is 15.4. The number of pyridine rings is 1. The van der Waals surface area contributed by atoms with Gasteiger partial charge in [-0.05, 0) is 85.7 Å². The standard InChI is InChI=1S/C28H32FN3O2S/c1-34-23-6-8-28-26(16-23)25(9-11-31-28)27(29)7-5-21-10-12-32(18-22(21)19-33)13-14-35-24-4-2-3-20(15-24)17-30/h2-4,6,8-9,11,15-16,21-22,27,33H,5,7,10,12-14,18-19H2,1H3/t21-,22-,27+/m1/s1. The van der Waals surface area contributed by atoms with Gasteiger partial charge in [-0.2, -0.15) is 5.26 Å². The number of aromatic nitrogens is 1. The molecule has 1 aliphatic heterocycles. The smallest absolute Gasteiger partial charge is 0.126 e. The lowest BCUT2D eigenvalue weighted by Gasteiger charge is -2.38. The number of aliphatic hydroxyl groups excluding tert-OH is 1. The van der Waals surface area contributed by atoms with Crippen LogP contribution in [0.2, 0.25) is 0 Å². The lowest BCUT2D eigenvalue weighted by molar-refractivity contribution is 0.0672. The van der Waals surface area contributed by atoms with Crippen molar-refractivity contribution in [1.82, 2.24) is 9.88 Å². The van der Waals surface area contributed by atoms with Crippen molar-refractivity contribution < 1.29 is 14.2 Å². The first-order chi connectivity index (χ1) is 17.1. The van der Waals surface area contributed by atoms with Crippen molar-refractivity contribution in [3.63, 3.8) is 0 Å². The number of ether oxygens (including phenoxy) is 1. The van der Waals surface area contributed by atoms with Crippen molar-refractivity contribution in [2.45, 2.75) is 30.3 Å². The molecule has 3 aromatic rings. The van der Waals surface area contributed by atoms with Crippen molar-refractivity contribution in [2.24, 2.45) is 11.8 Å². The molecule has 184 valence electrons. The van der Waals surface area contributed by atoms with Gasteiger partial charge in [-0.3, -0.25) is 4.98 Å². The number of benzene rings is 2. The zero-order valence-corrected chi connectivity index (χ0v) is 20.9. The summed E-state index contributed by atoms with van der Waals surface area (Å²) in [6, 6.07) is 17.2. The zero-order chi connectivity index (χ0) is 24.6. The summed E-state index contributed by atoms with van der Waals surface area (Å²) < 4.78 is 20.7. The van der Waals surface area contributed by atoms with E-state index in [2.05, 4.69) is 16.0 Å². The highest BCUT2D eigenvalue weighted by Crippen LogP contribution is 2.35. The number of hydrogen-bond donors (Lipinski definition) is 1. The minimum atomic E-state index is -1.08. The number of nitriles is 1. The van der Waals surface area contributed by atoms with Crippen LogP contribution in [0.15, 0.2) is 59.6 Å². The van der Waals surface area contributed by atoms with Gasteiger partial charge in [0.05, 0.1) is 24.3 Å². The zero-order valence-electron chi connectivity index (χ0n) is 20.1. The highest BCUT2D eigenvalue weighted by molar-refractivity contribution is 7.99. The summed E-state index contributed by atoms with van der Waals surface area (Å²) in [5.41, 5.74) is 2.11. The number of methoxy groups -OCH3 is 1. The minimum absolute atomic E-state index is 0.130. The summed E-state index contributed by atoms with van der Waals surface area (Å²) >= 11 is 1.75. The largest absolute Gasteiger partial charge is 0.497 e. The van der Waals surface area contributed by atoms with E-state index in [0.717, 1.165) is 54.0 Å². The van der Waals surface area contributed by atoms with Gasteiger partial charge in [-0.15, -0.1) is 11.8 Å². The molecule has 3 atom stereocenters. The number of alkyl halides is 1. The number of hydrogen-bond acceptors (Lipinski definition) is 6.